The number of rotatable bonds is 5. The van der Waals surface area contributed by atoms with Gasteiger partial charge in [-0.05, 0) is 56.8 Å². The predicted molar refractivity (Wildman–Crippen MR) is 116 cm³/mol. The van der Waals surface area contributed by atoms with Crippen molar-refractivity contribution in [2.45, 2.75) is 45.2 Å². The molecule has 29 heavy (non-hydrogen) atoms. The van der Waals surface area contributed by atoms with Crippen molar-refractivity contribution < 1.29 is 0 Å². The van der Waals surface area contributed by atoms with Crippen molar-refractivity contribution in [2.75, 3.05) is 13.1 Å². The maximum absolute atomic E-state index is 4.84. The lowest BCUT2D eigenvalue weighted by Gasteiger charge is -2.30. The van der Waals surface area contributed by atoms with E-state index in [1.54, 1.807) is 11.3 Å². The smallest absolute Gasteiger partial charge is 0.156 e. The Bertz CT molecular complexity index is 1090. The van der Waals surface area contributed by atoms with Crippen molar-refractivity contribution >= 4 is 17.0 Å². The van der Waals surface area contributed by atoms with Gasteiger partial charge in [-0.3, -0.25) is 9.58 Å². The van der Waals surface area contributed by atoms with Crippen LogP contribution >= 0.6 is 11.3 Å². The molecule has 4 aromatic heterocycles. The average Bonchev–Trinajstić information content (AvgIpc) is 3.47. The van der Waals surface area contributed by atoms with E-state index in [4.69, 9.17) is 10.1 Å². The average molecular weight is 407 g/mol. The lowest BCUT2D eigenvalue weighted by atomic mass is 9.97. The number of hydrogen-bond donors (Lipinski definition) is 0. The quantitative estimate of drug-likeness (QED) is 0.485. The summed E-state index contributed by atoms with van der Waals surface area (Å²) >= 11 is 1.75. The summed E-state index contributed by atoms with van der Waals surface area (Å²) in [5.74, 6) is 1.35. The van der Waals surface area contributed by atoms with Gasteiger partial charge in [0.2, 0.25) is 0 Å². The summed E-state index contributed by atoms with van der Waals surface area (Å²) in [5, 5.41) is 11.4. The second-order valence-corrected chi connectivity index (χ2v) is 9.11. The monoisotopic (exact) mass is 406 g/mol. The summed E-state index contributed by atoms with van der Waals surface area (Å²) < 4.78 is 3.97. The topological polar surface area (TPSA) is 51.2 Å². The van der Waals surface area contributed by atoms with E-state index in [1.165, 1.54) is 22.4 Å². The van der Waals surface area contributed by atoms with Crippen molar-refractivity contribution in [2.24, 2.45) is 0 Å². The van der Waals surface area contributed by atoms with Gasteiger partial charge in [-0.2, -0.15) is 10.2 Å². The van der Waals surface area contributed by atoms with E-state index in [-0.39, 0.29) is 0 Å². The molecule has 0 N–H and O–H groups in total. The minimum absolute atomic E-state index is 0.383. The summed E-state index contributed by atoms with van der Waals surface area (Å²) in [4.78, 5) is 8.61. The molecule has 0 unspecified atom stereocenters. The second-order valence-electron chi connectivity index (χ2n) is 8.16. The molecule has 5 rings (SSSR count). The van der Waals surface area contributed by atoms with Gasteiger partial charge in [0, 0.05) is 53.4 Å². The molecule has 0 amide bonds. The fraction of sp³-hybridized carbons (Fsp3) is 0.409. The Labute approximate surface area is 174 Å². The zero-order valence-corrected chi connectivity index (χ0v) is 17.7. The number of hydrogen-bond acceptors (Lipinski definition) is 5. The third-order valence-corrected chi connectivity index (χ3v) is 6.53. The third-order valence-electron chi connectivity index (χ3n) is 5.61. The van der Waals surface area contributed by atoms with Gasteiger partial charge in [0.1, 0.15) is 0 Å². The Kier molecular flexibility index (Phi) is 4.93. The van der Waals surface area contributed by atoms with Crippen molar-refractivity contribution in [3.8, 4) is 10.4 Å². The molecule has 0 saturated carbocycles. The van der Waals surface area contributed by atoms with Crippen molar-refractivity contribution in [3.05, 3.63) is 59.6 Å². The highest BCUT2D eigenvalue weighted by Crippen LogP contribution is 2.28. The van der Waals surface area contributed by atoms with E-state index < -0.39 is 0 Å². The van der Waals surface area contributed by atoms with Crippen LogP contribution in [0.1, 0.15) is 50.0 Å². The van der Waals surface area contributed by atoms with E-state index in [9.17, 15) is 0 Å². The first-order valence-electron chi connectivity index (χ1n) is 10.3. The van der Waals surface area contributed by atoms with Crippen molar-refractivity contribution in [1.29, 1.82) is 0 Å². The molecule has 1 saturated heterocycles. The highest BCUT2D eigenvalue weighted by molar-refractivity contribution is 7.13. The van der Waals surface area contributed by atoms with Crippen molar-refractivity contribution in [3.63, 3.8) is 0 Å². The lowest BCUT2D eigenvalue weighted by Crippen LogP contribution is -2.34. The van der Waals surface area contributed by atoms with Crippen LogP contribution in [0.5, 0.6) is 0 Å². The molecule has 1 fully saturated rings. The summed E-state index contributed by atoms with van der Waals surface area (Å²) in [5.41, 5.74) is 3.40. The molecule has 4 aromatic rings. The molecule has 6 nitrogen and oxygen atoms in total. The molecule has 1 atom stereocenters. The van der Waals surface area contributed by atoms with E-state index in [2.05, 4.69) is 65.9 Å². The number of likely N-dealkylation sites (tertiary alicyclic amines) is 1. The van der Waals surface area contributed by atoms with Gasteiger partial charge >= 0.3 is 0 Å². The first-order chi connectivity index (χ1) is 14.2. The largest absolute Gasteiger partial charge is 0.298 e. The zero-order chi connectivity index (χ0) is 19.8. The number of nitrogens with zero attached hydrogens (tertiary/aromatic N) is 6. The van der Waals surface area contributed by atoms with Crippen LogP contribution in [-0.4, -0.2) is 42.4 Å². The molecule has 150 valence electrons. The highest BCUT2D eigenvalue weighted by Gasteiger charge is 2.25. The van der Waals surface area contributed by atoms with Crippen LogP contribution in [0.15, 0.2) is 48.2 Å². The molecular formula is C22H26N6S. The van der Waals surface area contributed by atoms with Gasteiger partial charge in [-0.1, -0.05) is 6.07 Å². The van der Waals surface area contributed by atoms with Crippen LogP contribution in [0.2, 0.25) is 0 Å². The minimum atomic E-state index is 0.383. The zero-order valence-electron chi connectivity index (χ0n) is 16.9. The van der Waals surface area contributed by atoms with Gasteiger partial charge in [0.05, 0.1) is 6.20 Å². The van der Waals surface area contributed by atoms with E-state index in [0.717, 1.165) is 37.5 Å². The van der Waals surface area contributed by atoms with Crippen LogP contribution in [0.4, 0.5) is 0 Å². The summed E-state index contributed by atoms with van der Waals surface area (Å²) in [6.45, 7) is 7.39. The standard InChI is InChI=1S/C22H26N6S/c1-16(2)27-13-17(11-23-27)12-26-9-3-5-19(14-26)22-24-21-8-7-18(15-28(21)25-22)20-6-4-10-29-20/h4,6-8,10-11,13,15-16,19H,3,5,9,12,14H2,1-2H3/t19-/m0/s1. The molecule has 1 aliphatic heterocycles. The Morgan fingerprint density at radius 2 is 2.14 bits per heavy atom. The molecule has 0 aromatic carbocycles. The van der Waals surface area contributed by atoms with Gasteiger partial charge in [0.15, 0.2) is 11.5 Å². The Morgan fingerprint density at radius 3 is 2.93 bits per heavy atom. The minimum Gasteiger partial charge on any atom is -0.298 e. The summed E-state index contributed by atoms with van der Waals surface area (Å²) in [7, 11) is 0. The number of pyridine rings is 1. The Hall–Kier alpha value is -2.51. The van der Waals surface area contributed by atoms with Crippen LogP contribution < -0.4 is 0 Å². The maximum Gasteiger partial charge on any atom is 0.156 e. The molecule has 0 aliphatic carbocycles. The Morgan fingerprint density at radius 1 is 1.21 bits per heavy atom. The van der Waals surface area contributed by atoms with Crippen LogP contribution in [-0.2, 0) is 6.54 Å². The molecule has 5 heterocycles. The molecule has 7 heteroatoms. The van der Waals surface area contributed by atoms with Crippen LogP contribution in [0.25, 0.3) is 16.1 Å². The first-order valence-corrected chi connectivity index (χ1v) is 11.2. The second kappa shape index (κ2) is 7.72. The molecular weight excluding hydrogens is 380 g/mol. The molecule has 1 aliphatic rings. The summed E-state index contributed by atoms with van der Waals surface area (Å²) in [6, 6.07) is 8.84. The number of fused-ring (bicyclic) bond motifs is 1. The Balaban J connectivity index is 1.32. The third kappa shape index (κ3) is 3.84. The van der Waals surface area contributed by atoms with Gasteiger partial charge in [-0.15, -0.1) is 11.3 Å². The number of aromatic nitrogens is 5. The van der Waals surface area contributed by atoms with Crippen LogP contribution in [0, 0.1) is 0 Å². The predicted octanol–water partition coefficient (Wildman–Crippen LogP) is 4.61. The number of thiophene rings is 1. The number of piperidine rings is 1. The van der Waals surface area contributed by atoms with Crippen LogP contribution in [0.3, 0.4) is 0 Å². The normalized spacial score (nSPS) is 18.1. The molecule has 0 spiro atoms. The summed E-state index contributed by atoms with van der Waals surface area (Å²) in [6.07, 6.45) is 8.59. The fourth-order valence-corrected chi connectivity index (χ4v) is 4.79. The van der Waals surface area contributed by atoms with Gasteiger partial charge in [-0.25, -0.2) is 9.50 Å². The lowest BCUT2D eigenvalue weighted by molar-refractivity contribution is 0.196. The van der Waals surface area contributed by atoms with E-state index in [0.29, 0.717) is 12.0 Å². The first kappa shape index (κ1) is 18.5. The van der Waals surface area contributed by atoms with E-state index in [1.807, 2.05) is 15.4 Å². The molecule has 0 bridgehead atoms. The van der Waals surface area contributed by atoms with Gasteiger partial charge < -0.3 is 0 Å². The SMILES string of the molecule is CC(C)n1cc(CN2CCC[C@H](c3nc4ccc(-c5cccs5)cn4n3)C2)cn1. The van der Waals surface area contributed by atoms with Crippen molar-refractivity contribution in [1.82, 2.24) is 29.3 Å². The molecule has 0 radical (unpaired) electrons. The maximum atomic E-state index is 4.84. The van der Waals surface area contributed by atoms with Gasteiger partial charge in [0.25, 0.3) is 0 Å². The highest BCUT2D eigenvalue weighted by atomic mass is 32.1. The fourth-order valence-electron chi connectivity index (χ4n) is 4.07. The van der Waals surface area contributed by atoms with E-state index >= 15 is 0 Å².